The first-order valence-electron chi connectivity index (χ1n) is 6.12. The number of carbonyl (C=O) groups excluding carboxylic acids is 2. The lowest BCUT2D eigenvalue weighted by molar-refractivity contribution is -0.141. The van der Waals surface area contributed by atoms with Crippen LogP contribution in [0.2, 0.25) is 0 Å². The van der Waals surface area contributed by atoms with Gasteiger partial charge >= 0.3 is 0 Å². The van der Waals surface area contributed by atoms with Crippen molar-refractivity contribution in [1.29, 1.82) is 0 Å². The molecule has 2 unspecified atom stereocenters. The zero-order valence-corrected chi connectivity index (χ0v) is 10.5. The van der Waals surface area contributed by atoms with Crippen LogP contribution in [0.1, 0.15) is 32.4 Å². The topological polar surface area (TPSA) is 75.4 Å². The summed E-state index contributed by atoms with van der Waals surface area (Å²) in [5.41, 5.74) is 0.720. The third-order valence-corrected chi connectivity index (χ3v) is 3.24. The molecular formula is C12H17N3O3. The van der Waals surface area contributed by atoms with Gasteiger partial charge in [-0.2, -0.15) is 0 Å². The first-order chi connectivity index (χ1) is 8.63. The Hall–Kier alpha value is -1.69. The van der Waals surface area contributed by atoms with E-state index in [9.17, 15) is 9.59 Å². The van der Waals surface area contributed by atoms with E-state index in [1.165, 1.54) is 11.2 Å². The maximum absolute atomic E-state index is 12.1. The minimum Gasteiger partial charge on any atom is -0.364 e. The molecule has 0 aromatic carbocycles. The molecule has 1 aromatic rings. The van der Waals surface area contributed by atoms with Gasteiger partial charge in [0, 0.05) is 18.7 Å². The van der Waals surface area contributed by atoms with Crippen LogP contribution in [-0.4, -0.2) is 34.0 Å². The normalized spacial score (nSPS) is 21.7. The van der Waals surface area contributed by atoms with Crippen LogP contribution in [0.5, 0.6) is 0 Å². The van der Waals surface area contributed by atoms with Crippen molar-refractivity contribution in [1.82, 2.24) is 15.4 Å². The summed E-state index contributed by atoms with van der Waals surface area (Å²) in [6.07, 6.45) is 2.47. The molecule has 2 rings (SSSR count). The number of hydrogen-bond acceptors (Lipinski definition) is 5. The molecular weight excluding hydrogens is 234 g/mol. The standard InChI is InChI=1S/C12H17N3O3/c1-3-8(2)15-11(16)6-10(12(15)17)13-7-9-4-5-18-14-9/h4-5,8,10,13H,3,6-7H2,1-2H3. The Morgan fingerprint density at radius 1 is 1.61 bits per heavy atom. The van der Waals surface area contributed by atoms with Gasteiger partial charge in [0.2, 0.25) is 11.8 Å². The Kier molecular flexibility index (Phi) is 3.76. The number of nitrogens with one attached hydrogen (secondary N) is 1. The molecule has 0 saturated carbocycles. The van der Waals surface area contributed by atoms with E-state index in [1.807, 2.05) is 13.8 Å². The summed E-state index contributed by atoms with van der Waals surface area (Å²) in [7, 11) is 0. The van der Waals surface area contributed by atoms with Crippen molar-refractivity contribution in [3.8, 4) is 0 Å². The Morgan fingerprint density at radius 2 is 2.39 bits per heavy atom. The summed E-state index contributed by atoms with van der Waals surface area (Å²) in [6.45, 7) is 4.27. The Morgan fingerprint density at radius 3 is 3.00 bits per heavy atom. The number of amides is 2. The highest BCUT2D eigenvalue weighted by Crippen LogP contribution is 2.18. The van der Waals surface area contributed by atoms with Crippen molar-refractivity contribution in [2.45, 2.75) is 45.3 Å². The van der Waals surface area contributed by atoms with Gasteiger partial charge in [-0.25, -0.2) is 0 Å². The second-order valence-electron chi connectivity index (χ2n) is 4.49. The van der Waals surface area contributed by atoms with Gasteiger partial charge in [-0.3, -0.25) is 19.8 Å². The first-order valence-corrected chi connectivity index (χ1v) is 6.12. The first kappa shape index (κ1) is 12.8. The molecule has 6 heteroatoms. The zero-order chi connectivity index (χ0) is 13.1. The molecule has 0 bridgehead atoms. The molecule has 1 saturated heterocycles. The predicted octanol–water partition coefficient (Wildman–Crippen LogP) is 0.690. The fourth-order valence-electron chi connectivity index (χ4n) is 2.01. The molecule has 1 fully saturated rings. The number of likely N-dealkylation sites (tertiary alicyclic amines) is 1. The van der Waals surface area contributed by atoms with Gasteiger partial charge < -0.3 is 4.52 Å². The van der Waals surface area contributed by atoms with E-state index in [0.29, 0.717) is 6.54 Å². The number of imide groups is 1. The van der Waals surface area contributed by atoms with Crippen molar-refractivity contribution < 1.29 is 14.1 Å². The van der Waals surface area contributed by atoms with Crippen molar-refractivity contribution in [2.75, 3.05) is 0 Å². The second kappa shape index (κ2) is 5.30. The molecule has 98 valence electrons. The molecule has 0 aliphatic carbocycles. The van der Waals surface area contributed by atoms with E-state index < -0.39 is 6.04 Å². The SMILES string of the molecule is CCC(C)N1C(=O)CC(NCc2ccon2)C1=O. The highest BCUT2D eigenvalue weighted by atomic mass is 16.5. The number of aromatic nitrogens is 1. The quantitative estimate of drug-likeness (QED) is 0.779. The number of carbonyl (C=O) groups is 2. The van der Waals surface area contributed by atoms with Gasteiger partial charge in [0.05, 0.1) is 18.2 Å². The summed E-state index contributed by atoms with van der Waals surface area (Å²) in [4.78, 5) is 25.2. The van der Waals surface area contributed by atoms with Crippen LogP contribution in [0, 0.1) is 0 Å². The lowest BCUT2D eigenvalue weighted by Gasteiger charge is -2.21. The molecule has 2 heterocycles. The summed E-state index contributed by atoms with van der Waals surface area (Å²) >= 11 is 0. The van der Waals surface area contributed by atoms with Gasteiger partial charge in [-0.15, -0.1) is 0 Å². The molecule has 2 amide bonds. The summed E-state index contributed by atoms with van der Waals surface area (Å²) in [6, 6.07) is 1.24. The number of rotatable bonds is 5. The fraction of sp³-hybridized carbons (Fsp3) is 0.583. The Balaban J connectivity index is 1.95. The lowest BCUT2D eigenvalue weighted by Crippen LogP contribution is -2.42. The van der Waals surface area contributed by atoms with Crippen LogP contribution in [0.4, 0.5) is 0 Å². The maximum atomic E-state index is 12.1. The van der Waals surface area contributed by atoms with Crippen molar-refractivity contribution in [3.05, 3.63) is 18.0 Å². The average Bonchev–Trinajstić information content (AvgIpc) is 2.95. The van der Waals surface area contributed by atoms with Crippen molar-refractivity contribution in [3.63, 3.8) is 0 Å². The molecule has 1 aliphatic rings. The average molecular weight is 251 g/mol. The van der Waals surface area contributed by atoms with Crippen LogP contribution in [0.25, 0.3) is 0 Å². The lowest BCUT2D eigenvalue weighted by atomic mass is 10.2. The van der Waals surface area contributed by atoms with Crippen molar-refractivity contribution in [2.24, 2.45) is 0 Å². The van der Waals surface area contributed by atoms with Crippen LogP contribution >= 0.6 is 0 Å². The molecule has 2 atom stereocenters. The van der Waals surface area contributed by atoms with E-state index in [4.69, 9.17) is 4.52 Å². The third-order valence-electron chi connectivity index (χ3n) is 3.24. The van der Waals surface area contributed by atoms with Crippen LogP contribution in [-0.2, 0) is 16.1 Å². The van der Waals surface area contributed by atoms with Gasteiger partial charge in [-0.05, 0) is 13.3 Å². The van der Waals surface area contributed by atoms with Gasteiger partial charge in [0.1, 0.15) is 6.26 Å². The molecule has 0 radical (unpaired) electrons. The molecule has 1 aromatic heterocycles. The number of nitrogens with zero attached hydrogens (tertiary/aromatic N) is 2. The molecule has 6 nitrogen and oxygen atoms in total. The summed E-state index contributed by atoms with van der Waals surface area (Å²) in [5.74, 6) is -0.246. The smallest absolute Gasteiger partial charge is 0.247 e. The maximum Gasteiger partial charge on any atom is 0.247 e. The monoisotopic (exact) mass is 251 g/mol. The number of hydrogen-bond donors (Lipinski definition) is 1. The van der Waals surface area contributed by atoms with Gasteiger partial charge in [0.15, 0.2) is 0 Å². The molecule has 1 N–H and O–H groups in total. The van der Waals surface area contributed by atoms with Crippen molar-refractivity contribution >= 4 is 11.8 Å². The largest absolute Gasteiger partial charge is 0.364 e. The van der Waals surface area contributed by atoms with Gasteiger partial charge in [-0.1, -0.05) is 12.1 Å². The van der Waals surface area contributed by atoms with E-state index in [1.54, 1.807) is 6.07 Å². The molecule has 1 aliphatic heterocycles. The van der Waals surface area contributed by atoms with E-state index in [-0.39, 0.29) is 24.3 Å². The van der Waals surface area contributed by atoms with E-state index in [0.717, 1.165) is 12.1 Å². The Labute approximate surface area is 105 Å². The highest BCUT2D eigenvalue weighted by Gasteiger charge is 2.40. The van der Waals surface area contributed by atoms with Crippen LogP contribution < -0.4 is 5.32 Å². The minimum atomic E-state index is -0.441. The highest BCUT2D eigenvalue weighted by molar-refractivity contribution is 6.05. The minimum absolute atomic E-state index is 0.0381. The van der Waals surface area contributed by atoms with Gasteiger partial charge in [0.25, 0.3) is 0 Å². The van der Waals surface area contributed by atoms with E-state index in [2.05, 4.69) is 10.5 Å². The fourth-order valence-corrected chi connectivity index (χ4v) is 2.01. The molecule has 18 heavy (non-hydrogen) atoms. The van der Waals surface area contributed by atoms with Crippen LogP contribution in [0.15, 0.2) is 16.9 Å². The third kappa shape index (κ3) is 2.43. The Bertz CT molecular complexity index is 430. The molecule has 0 spiro atoms. The summed E-state index contributed by atoms with van der Waals surface area (Å²) in [5, 5.41) is 6.78. The van der Waals surface area contributed by atoms with E-state index >= 15 is 0 Å². The zero-order valence-electron chi connectivity index (χ0n) is 10.5. The summed E-state index contributed by atoms with van der Waals surface area (Å²) < 4.78 is 4.70. The second-order valence-corrected chi connectivity index (χ2v) is 4.49. The van der Waals surface area contributed by atoms with Crippen LogP contribution in [0.3, 0.4) is 0 Å². The predicted molar refractivity (Wildman–Crippen MR) is 63.4 cm³/mol.